The molecule has 1 aromatic carbocycles. The van der Waals surface area contributed by atoms with Crippen LogP contribution in [0.2, 0.25) is 0 Å². The second kappa shape index (κ2) is 8.13. The first-order chi connectivity index (χ1) is 11.4. The second-order valence-corrected chi connectivity index (χ2v) is 6.49. The van der Waals surface area contributed by atoms with Crippen LogP contribution in [-0.2, 0) is 16.0 Å². The molecule has 0 spiro atoms. The molecular formula is C18H25FN2O3. The molecule has 24 heavy (non-hydrogen) atoms. The molecule has 0 bridgehead atoms. The van der Waals surface area contributed by atoms with E-state index in [1.165, 1.54) is 25.3 Å². The van der Waals surface area contributed by atoms with Crippen molar-refractivity contribution in [2.75, 3.05) is 33.3 Å². The number of rotatable bonds is 5. The number of piperazine rings is 1. The van der Waals surface area contributed by atoms with Gasteiger partial charge in [-0.2, -0.15) is 0 Å². The Balaban J connectivity index is 1.91. The fourth-order valence-electron chi connectivity index (χ4n) is 2.84. The Bertz CT molecular complexity index is 596. The molecule has 0 unspecified atom stereocenters. The number of hydrogen-bond donors (Lipinski definition) is 0. The molecule has 1 aliphatic heterocycles. The number of ether oxygens (including phenoxy) is 1. The third-order valence-electron chi connectivity index (χ3n) is 4.15. The van der Waals surface area contributed by atoms with Gasteiger partial charge in [0.05, 0.1) is 13.5 Å². The highest BCUT2D eigenvalue weighted by atomic mass is 19.1. The Kier molecular flexibility index (Phi) is 6.17. The average Bonchev–Trinajstić information content (AvgIpc) is 2.54. The van der Waals surface area contributed by atoms with Crippen LogP contribution in [0.3, 0.4) is 0 Å². The number of hydrogen-bond acceptors (Lipinski definition) is 3. The minimum Gasteiger partial charge on any atom is -0.496 e. The van der Waals surface area contributed by atoms with Crippen molar-refractivity contribution in [1.82, 2.24) is 9.80 Å². The van der Waals surface area contributed by atoms with Crippen molar-refractivity contribution >= 4 is 11.8 Å². The van der Waals surface area contributed by atoms with Crippen LogP contribution in [0, 0.1) is 11.7 Å². The Morgan fingerprint density at radius 2 is 1.71 bits per heavy atom. The minimum absolute atomic E-state index is 0.0742. The summed E-state index contributed by atoms with van der Waals surface area (Å²) in [6, 6.07) is 4.17. The van der Waals surface area contributed by atoms with E-state index in [0.29, 0.717) is 49.8 Å². The van der Waals surface area contributed by atoms with Crippen molar-refractivity contribution < 1.29 is 18.7 Å². The van der Waals surface area contributed by atoms with Crippen molar-refractivity contribution in [2.24, 2.45) is 5.92 Å². The quantitative estimate of drug-likeness (QED) is 0.827. The van der Waals surface area contributed by atoms with Gasteiger partial charge < -0.3 is 14.5 Å². The average molecular weight is 336 g/mol. The van der Waals surface area contributed by atoms with Crippen LogP contribution in [0.5, 0.6) is 5.75 Å². The first kappa shape index (κ1) is 18.2. The van der Waals surface area contributed by atoms with Gasteiger partial charge in [0.2, 0.25) is 11.8 Å². The summed E-state index contributed by atoms with van der Waals surface area (Å²) in [6.07, 6.45) is 0.634. The highest BCUT2D eigenvalue weighted by Crippen LogP contribution is 2.21. The van der Waals surface area contributed by atoms with Crippen LogP contribution in [0.1, 0.15) is 25.8 Å². The van der Waals surface area contributed by atoms with Crippen molar-refractivity contribution in [3.63, 3.8) is 0 Å². The smallest absolute Gasteiger partial charge is 0.227 e. The van der Waals surface area contributed by atoms with Crippen molar-refractivity contribution in [3.05, 3.63) is 29.6 Å². The normalized spacial score (nSPS) is 14.9. The zero-order valence-electron chi connectivity index (χ0n) is 14.5. The number of carbonyl (C=O) groups excluding carboxylic acids is 2. The summed E-state index contributed by atoms with van der Waals surface area (Å²) in [5, 5.41) is 0. The van der Waals surface area contributed by atoms with Gasteiger partial charge in [0.15, 0.2) is 0 Å². The molecular weight excluding hydrogens is 311 g/mol. The van der Waals surface area contributed by atoms with E-state index in [-0.39, 0.29) is 24.1 Å². The summed E-state index contributed by atoms with van der Waals surface area (Å²) < 4.78 is 18.6. The lowest BCUT2D eigenvalue weighted by Gasteiger charge is -2.35. The highest BCUT2D eigenvalue weighted by Gasteiger charge is 2.25. The molecule has 1 heterocycles. The lowest BCUT2D eigenvalue weighted by atomic mass is 10.1. The van der Waals surface area contributed by atoms with Gasteiger partial charge in [0, 0.05) is 38.2 Å². The molecule has 132 valence electrons. The summed E-state index contributed by atoms with van der Waals surface area (Å²) >= 11 is 0. The van der Waals surface area contributed by atoms with Crippen molar-refractivity contribution in [1.29, 1.82) is 0 Å². The fraction of sp³-hybridized carbons (Fsp3) is 0.556. The topological polar surface area (TPSA) is 49.9 Å². The summed E-state index contributed by atoms with van der Waals surface area (Å²) in [7, 11) is 1.50. The van der Waals surface area contributed by atoms with E-state index in [4.69, 9.17) is 4.74 Å². The second-order valence-electron chi connectivity index (χ2n) is 6.49. The van der Waals surface area contributed by atoms with Gasteiger partial charge in [0.25, 0.3) is 0 Å². The van der Waals surface area contributed by atoms with Crippen molar-refractivity contribution in [3.8, 4) is 5.75 Å². The van der Waals surface area contributed by atoms with E-state index in [9.17, 15) is 14.0 Å². The number of benzene rings is 1. The van der Waals surface area contributed by atoms with E-state index in [0.717, 1.165) is 0 Å². The Hall–Kier alpha value is -2.11. The highest BCUT2D eigenvalue weighted by molar-refractivity contribution is 5.80. The van der Waals surface area contributed by atoms with Gasteiger partial charge in [-0.1, -0.05) is 13.8 Å². The van der Waals surface area contributed by atoms with Gasteiger partial charge in [-0.15, -0.1) is 0 Å². The lowest BCUT2D eigenvalue weighted by molar-refractivity contribution is -0.139. The Morgan fingerprint density at radius 1 is 1.12 bits per heavy atom. The largest absolute Gasteiger partial charge is 0.496 e. The number of nitrogens with zero attached hydrogens (tertiary/aromatic N) is 2. The molecule has 1 aliphatic rings. The van der Waals surface area contributed by atoms with E-state index in [2.05, 4.69) is 0 Å². The molecule has 6 heteroatoms. The van der Waals surface area contributed by atoms with Crippen LogP contribution in [0.4, 0.5) is 4.39 Å². The number of methoxy groups -OCH3 is 1. The Labute approximate surface area is 142 Å². The van der Waals surface area contributed by atoms with E-state index < -0.39 is 0 Å². The molecule has 0 N–H and O–H groups in total. The maximum atomic E-state index is 13.4. The van der Waals surface area contributed by atoms with Crippen molar-refractivity contribution in [2.45, 2.75) is 26.7 Å². The third-order valence-corrected chi connectivity index (χ3v) is 4.15. The first-order valence-corrected chi connectivity index (χ1v) is 8.28. The molecule has 2 rings (SSSR count). The third kappa shape index (κ3) is 4.69. The van der Waals surface area contributed by atoms with Gasteiger partial charge in [-0.25, -0.2) is 4.39 Å². The SMILES string of the molecule is COc1ccc(F)cc1CC(=O)N1CCN(C(=O)CC(C)C)CC1. The number of amides is 2. The Morgan fingerprint density at radius 3 is 2.25 bits per heavy atom. The maximum absolute atomic E-state index is 13.4. The molecule has 0 aromatic heterocycles. The maximum Gasteiger partial charge on any atom is 0.227 e. The molecule has 1 saturated heterocycles. The molecule has 0 atom stereocenters. The van der Waals surface area contributed by atoms with Crippen LogP contribution in [0.25, 0.3) is 0 Å². The molecule has 0 saturated carbocycles. The van der Waals surface area contributed by atoms with Gasteiger partial charge in [-0.05, 0) is 24.1 Å². The monoisotopic (exact) mass is 336 g/mol. The predicted molar refractivity (Wildman–Crippen MR) is 89.3 cm³/mol. The molecule has 0 aliphatic carbocycles. The van der Waals surface area contributed by atoms with Gasteiger partial charge in [-0.3, -0.25) is 9.59 Å². The van der Waals surface area contributed by atoms with Gasteiger partial charge >= 0.3 is 0 Å². The summed E-state index contributed by atoms with van der Waals surface area (Å²) in [4.78, 5) is 28.0. The van der Waals surface area contributed by atoms with Crippen LogP contribution in [0.15, 0.2) is 18.2 Å². The predicted octanol–water partition coefficient (Wildman–Crippen LogP) is 2.09. The number of halogens is 1. The van der Waals surface area contributed by atoms with E-state index in [1.54, 1.807) is 4.90 Å². The fourth-order valence-corrected chi connectivity index (χ4v) is 2.84. The summed E-state index contributed by atoms with van der Waals surface area (Å²) in [6.45, 7) is 6.17. The first-order valence-electron chi connectivity index (χ1n) is 8.28. The molecule has 1 aromatic rings. The van der Waals surface area contributed by atoms with E-state index in [1.807, 2.05) is 18.7 Å². The van der Waals surface area contributed by atoms with Crippen LogP contribution in [-0.4, -0.2) is 54.9 Å². The molecule has 1 fully saturated rings. The molecule has 0 radical (unpaired) electrons. The number of carbonyl (C=O) groups is 2. The zero-order chi connectivity index (χ0) is 17.7. The standard InChI is InChI=1S/C18H25FN2O3/c1-13(2)10-17(22)20-6-8-21(9-7-20)18(23)12-14-11-15(19)4-5-16(14)24-3/h4-5,11,13H,6-10,12H2,1-3H3. The van der Waals surface area contributed by atoms with E-state index >= 15 is 0 Å². The summed E-state index contributed by atoms with van der Waals surface area (Å²) in [5.41, 5.74) is 0.542. The minimum atomic E-state index is -0.386. The van der Waals surface area contributed by atoms with Crippen LogP contribution < -0.4 is 4.74 Å². The van der Waals surface area contributed by atoms with Gasteiger partial charge in [0.1, 0.15) is 11.6 Å². The molecule has 2 amide bonds. The van der Waals surface area contributed by atoms with Crippen LogP contribution >= 0.6 is 0 Å². The summed E-state index contributed by atoms with van der Waals surface area (Å²) in [5.74, 6) is 0.523. The molecule has 5 nitrogen and oxygen atoms in total. The zero-order valence-corrected chi connectivity index (χ0v) is 14.5. The lowest BCUT2D eigenvalue weighted by Crippen LogP contribution is -2.51.